The lowest BCUT2D eigenvalue weighted by Crippen LogP contribution is -2.21. The Morgan fingerprint density at radius 1 is 1.16 bits per heavy atom. The molecule has 0 spiro atoms. The summed E-state index contributed by atoms with van der Waals surface area (Å²) in [6.45, 7) is 6.37. The molecule has 0 radical (unpaired) electrons. The Kier molecular flexibility index (Phi) is 7.24. The van der Waals surface area contributed by atoms with Gasteiger partial charge in [0.2, 0.25) is 6.20 Å². The number of rotatable bonds is 8. The molecule has 0 amide bonds. The maximum Gasteiger partial charge on any atom is 0.235 e. The van der Waals surface area contributed by atoms with E-state index in [1.165, 1.54) is 9.65 Å². The molecule has 0 aliphatic rings. The summed E-state index contributed by atoms with van der Waals surface area (Å²) in [7, 11) is 0. The summed E-state index contributed by atoms with van der Waals surface area (Å²) in [4.78, 5) is 12.4. The third kappa shape index (κ3) is 5.74. The molecule has 0 fully saturated rings. The van der Waals surface area contributed by atoms with Gasteiger partial charge in [0, 0.05) is 40.1 Å². The zero-order valence-corrected chi connectivity index (χ0v) is 16.5. The minimum absolute atomic E-state index is 0.415. The van der Waals surface area contributed by atoms with Crippen molar-refractivity contribution in [3.05, 3.63) is 73.5 Å². The minimum atomic E-state index is -0.471. The van der Waals surface area contributed by atoms with Crippen LogP contribution in [-0.4, -0.2) is 18.0 Å². The van der Waals surface area contributed by atoms with Crippen molar-refractivity contribution in [2.75, 3.05) is 18.0 Å². The van der Waals surface area contributed by atoms with E-state index < -0.39 is 4.92 Å². The molecule has 0 aliphatic heterocycles. The van der Waals surface area contributed by atoms with Gasteiger partial charge in [0.25, 0.3) is 0 Å². The van der Waals surface area contributed by atoms with Gasteiger partial charge in [-0.15, -0.1) is 0 Å². The van der Waals surface area contributed by atoms with Crippen LogP contribution in [0, 0.1) is 13.7 Å². The molecule has 0 aliphatic carbocycles. The van der Waals surface area contributed by atoms with Gasteiger partial charge in [0.15, 0.2) is 0 Å². The molecule has 0 unspecified atom stereocenters. The highest BCUT2D eigenvalue weighted by Gasteiger charge is 2.09. The molecule has 5 nitrogen and oxygen atoms in total. The van der Waals surface area contributed by atoms with Gasteiger partial charge >= 0.3 is 0 Å². The van der Waals surface area contributed by atoms with E-state index >= 15 is 0 Å². The first kappa shape index (κ1) is 19.2. The summed E-state index contributed by atoms with van der Waals surface area (Å²) in [5.74, 6) is 0.640. The Morgan fingerprint density at radius 2 is 1.84 bits per heavy atom. The number of anilines is 1. The molecular formula is C19H21IN2O3. The molecule has 0 N–H and O–H groups in total. The first-order valence-electron chi connectivity index (χ1n) is 8.11. The quantitative estimate of drug-likeness (QED) is 0.323. The first-order chi connectivity index (χ1) is 12.0. The Labute approximate surface area is 161 Å². The molecule has 2 aromatic carbocycles. The van der Waals surface area contributed by atoms with Crippen LogP contribution in [0.15, 0.2) is 48.7 Å². The second-order valence-corrected chi connectivity index (χ2v) is 6.66. The summed E-state index contributed by atoms with van der Waals surface area (Å²) in [5.41, 5.74) is 2.79. The lowest BCUT2D eigenvalue weighted by Gasteiger charge is -2.22. The van der Waals surface area contributed by atoms with E-state index in [1.54, 1.807) is 0 Å². The minimum Gasteiger partial charge on any atom is -0.488 e. The molecule has 0 aromatic heterocycles. The van der Waals surface area contributed by atoms with Gasteiger partial charge in [-0.05, 0) is 66.3 Å². The average molecular weight is 452 g/mol. The Bertz CT molecular complexity index is 741. The van der Waals surface area contributed by atoms with E-state index in [2.05, 4.69) is 41.3 Å². The number of nitrogens with zero attached hydrogens (tertiary/aromatic N) is 2. The SMILES string of the molecule is CCN(CC)c1ccc(/C=C/[N+](=O)[O-])c(OCc2ccc(I)cc2)c1. The number of ether oxygens (including phenoxy) is 1. The molecule has 25 heavy (non-hydrogen) atoms. The Morgan fingerprint density at radius 3 is 2.44 bits per heavy atom. The van der Waals surface area contributed by atoms with Crippen LogP contribution in [0.1, 0.15) is 25.0 Å². The van der Waals surface area contributed by atoms with Gasteiger partial charge in [0.1, 0.15) is 12.4 Å². The molecular weight excluding hydrogens is 431 g/mol. The van der Waals surface area contributed by atoms with Crippen molar-refractivity contribution in [1.82, 2.24) is 0 Å². The number of nitro groups is 1. The van der Waals surface area contributed by atoms with Crippen LogP contribution in [-0.2, 0) is 6.61 Å². The summed E-state index contributed by atoms with van der Waals surface area (Å²) in [6, 6.07) is 13.9. The van der Waals surface area contributed by atoms with Gasteiger partial charge in [0.05, 0.1) is 4.92 Å². The van der Waals surface area contributed by atoms with Crippen LogP contribution >= 0.6 is 22.6 Å². The Balaban J connectivity index is 2.27. The van der Waals surface area contributed by atoms with E-state index in [0.717, 1.165) is 30.5 Å². The van der Waals surface area contributed by atoms with E-state index in [0.29, 0.717) is 17.9 Å². The summed E-state index contributed by atoms with van der Waals surface area (Å²) >= 11 is 2.26. The van der Waals surface area contributed by atoms with E-state index in [1.807, 2.05) is 42.5 Å². The van der Waals surface area contributed by atoms with Crippen molar-refractivity contribution in [3.63, 3.8) is 0 Å². The lowest BCUT2D eigenvalue weighted by atomic mass is 10.1. The largest absolute Gasteiger partial charge is 0.488 e. The maximum atomic E-state index is 10.6. The van der Waals surface area contributed by atoms with Gasteiger partial charge in [-0.25, -0.2) is 0 Å². The van der Waals surface area contributed by atoms with Gasteiger partial charge in [-0.3, -0.25) is 10.1 Å². The van der Waals surface area contributed by atoms with Crippen LogP contribution in [0.2, 0.25) is 0 Å². The third-order valence-electron chi connectivity index (χ3n) is 3.81. The predicted molar refractivity (Wildman–Crippen MR) is 110 cm³/mol. The van der Waals surface area contributed by atoms with Gasteiger partial charge in [-0.2, -0.15) is 0 Å². The van der Waals surface area contributed by atoms with Gasteiger partial charge in [-0.1, -0.05) is 12.1 Å². The summed E-state index contributed by atoms with van der Waals surface area (Å²) < 4.78 is 7.14. The fourth-order valence-corrected chi connectivity index (χ4v) is 2.81. The van der Waals surface area contributed by atoms with Crippen molar-refractivity contribution in [3.8, 4) is 5.75 Å². The Hall–Kier alpha value is -2.09. The first-order valence-corrected chi connectivity index (χ1v) is 9.19. The van der Waals surface area contributed by atoms with E-state index in [-0.39, 0.29) is 0 Å². The molecule has 2 aromatic rings. The van der Waals surface area contributed by atoms with E-state index in [4.69, 9.17) is 4.74 Å². The van der Waals surface area contributed by atoms with Crippen molar-refractivity contribution < 1.29 is 9.66 Å². The number of benzene rings is 2. The van der Waals surface area contributed by atoms with Crippen LogP contribution in [0.3, 0.4) is 0 Å². The molecule has 0 saturated carbocycles. The van der Waals surface area contributed by atoms with Gasteiger partial charge < -0.3 is 9.64 Å². The second kappa shape index (κ2) is 9.41. The summed E-state index contributed by atoms with van der Waals surface area (Å²) in [5, 5.41) is 10.6. The molecule has 6 heteroatoms. The number of halogens is 1. The highest BCUT2D eigenvalue weighted by atomic mass is 127. The second-order valence-electron chi connectivity index (χ2n) is 5.41. The van der Waals surface area contributed by atoms with Crippen LogP contribution in [0.5, 0.6) is 5.75 Å². The molecule has 0 bridgehead atoms. The highest BCUT2D eigenvalue weighted by molar-refractivity contribution is 14.1. The van der Waals surface area contributed by atoms with E-state index in [9.17, 15) is 10.1 Å². The molecule has 0 saturated heterocycles. The molecule has 0 heterocycles. The fourth-order valence-electron chi connectivity index (χ4n) is 2.45. The van der Waals surface area contributed by atoms with Crippen molar-refractivity contribution in [2.45, 2.75) is 20.5 Å². The fraction of sp³-hybridized carbons (Fsp3) is 0.263. The van der Waals surface area contributed by atoms with Crippen LogP contribution in [0.4, 0.5) is 5.69 Å². The summed E-state index contributed by atoms with van der Waals surface area (Å²) in [6.07, 6.45) is 2.40. The lowest BCUT2D eigenvalue weighted by molar-refractivity contribution is -0.400. The van der Waals surface area contributed by atoms with Crippen molar-refractivity contribution in [2.24, 2.45) is 0 Å². The number of hydrogen-bond donors (Lipinski definition) is 0. The monoisotopic (exact) mass is 452 g/mol. The zero-order valence-electron chi connectivity index (χ0n) is 14.3. The predicted octanol–water partition coefficient (Wildman–Crippen LogP) is 4.96. The van der Waals surface area contributed by atoms with Crippen LogP contribution in [0.25, 0.3) is 6.08 Å². The third-order valence-corrected chi connectivity index (χ3v) is 4.53. The van der Waals surface area contributed by atoms with Crippen molar-refractivity contribution in [1.29, 1.82) is 0 Å². The maximum absolute atomic E-state index is 10.6. The highest BCUT2D eigenvalue weighted by Crippen LogP contribution is 2.28. The number of hydrogen-bond acceptors (Lipinski definition) is 4. The van der Waals surface area contributed by atoms with Crippen LogP contribution < -0.4 is 9.64 Å². The molecule has 0 atom stereocenters. The smallest absolute Gasteiger partial charge is 0.235 e. The van der Waals surface area contributed by atoms with Crippen molar-refractivity contribution >= 4 is 34.4 Å². The zero-order chi connectivity index (χ0) is 18.2. The topological polar surface area (TPSA) is 55.6 Å². The normalized spacial score (nSPS) is 10.8. The average Bonchev–Trinajstić information content (AvgIpc) is 2.61. The standard InChI is InChI=1S/C19H21IN2O3/c1-3-21(4-2)18-10-7-16(11-12-22(23)24)19(13-18)25-14-15-5-8-17(20)9-6-15/h5-13H,3-4,14H2,1-2H3/b12-11+. The molecule has 132 valence electrons. The molecule has 2 rings (SSSR count).